The van der Waals surface area contributed by atoms with Crippen molar-refractivity contribution in [2.24, 2.45) is 10.9 Å². The van der Waals surface area contributed by atoms with Crippen LogP contribution < -0.4 is 10.6 Å². The summed E-state index contributed by atoms with van der Waals surface area (Å²) >= 11 is 0. The molecule has 0 aliphatic carbocycles. The number of nitrogens with zero attached hydrogens (tertiary/aromatic N) is 2. The normalized spacial score (nSPS) is 19.2. The van der Waals surface area contributed by atoms with E-state index in [9.17, 15) is 13.2 Å². The summed E-state index contributed by atoms with van der Waals surface area (Å²) < 4.78 is 28.0. The molecule has 1 saturated heterocycles. The van der Waals surface area contributed by atoms with Gasteiger partial charge in [-0.2, -0.15) is 0 Å². The number of likely N-dealkylation sites (tertiary alicyclic amines) is 1. The summed E-state index contributed by atoms with van der Waals surface area (Å²) in [4.78, 5) is 18.3. The third kappa shape index (κ3) is 13.2. The van der Waals surface area contributed by atoms with Crippen LogP contribution >= 0.6 is 24.0 Å². The number of carbonyl (C=O) groups excluding carboxylic acids is 1. The minimum atomic E-state index is -2.96. The molecular weight excluding hydrogens is 507 g/mol. The summed E-state index contributed by atoms with van der Waals surface area (Å²) in [5.41, 5.74) is -0.475. The van der Waals surface area contributed by atoms with Gasteiger partial charge in [0.25, 0.3) is 0 Å². The number of piperidine rings is 1. The highest BCUT2D eigenvalue weighted by Gasteiger charge is 2.27. The highest BCUT2D eigenvalue weighted by molar-refractivity contribution is 14.0. The molecule has 1 fully saturated rings. The van der Waals surface area contributed by atoms with Gasteiger partial charge < -0.3 is 20.3 Å². The Morgan fingerprint density at radius 2 is 2.00 bits per heavy atom. The van der Waals surface area contributed by atoms with Crippen LogP contribution in [0.15, 0.2) is 4.99 Å². The van der Waals surface area contributed by atoms with Crippen LogP contribution in [0.5, 0.6) is 0 Å². The second-order valence-corrected chi connectivity index (χ2v) is 10.9. The molecule has 29 heavy (non-hydrogen) atoms. The monoisotopic (exact) mass is 546 g/mol. The zero-order valence-electron chi connectivity index (χ0n) is 18.7. The SMILES string of the molecule is CN=C(NCCC1CCCN(C(=O)OC(C)(C)C)C1)NC(C)CCS(C)(=O)=O.I. The van der Waals surface area contributed by atoms with E-state index in [1.54, 1.807) is 11.9 Å². The number of nitrogens with one attached hydrogen (secondary N) is 2. The Balaban J connectivity index is 0.00000784. The molecular formula is C19H39IN4O4S. The maximum atomic E-state index is 12.3. The summed E-state index contributed by atoms with van der Waals surface area (Å²) in [5.74, 6) is 1.25. The Kier molecular flexibility index (Phi) is 12.5. The summed E-state index contributed by atoms with van der Waals surface area (Å²) in [5, 5.41) is 6.50. The Morgan fingerprint density at radius 1 is 1.34 bits per heavy atom. The van der Waals surface area contributed by atoms with E-state index in [0.29, 0.717) is 24.8 Å². The van der Waals surface area contributed by atoms with Gasteiger partial charge in [-0.25, -0.2) is 13.2 Å². The minimum absolute atomic E-state index is 0. The van der Waals surface area contributed by atoms with E-state index in [1.807, 2.05) is 27.7 Å². The standard InChI is InChI=1S/C19H38N4O4S.HI/c1-15(10-13-28(6,25)26)22-17(20-5)21-11-9-16-8-7-12-23(14-16)18(24)27-19(2,3)4;/h15-16H,7-14H2,1-6H3,(H2,20,21,22);1H. The van der Waals surface area contributed by atoms with E-state index in [1.165, 1.54) is 6.26 Å². The zero-order chi connectivity index (χ0) is 21.4. The predicted octanol–water partition coefficient (Wildman–Crippen LogP) is 2.63. The number of guanidine groups is 1. The molecule has 8 nitrogen and oxygen atoms in total. The molecule has 2 N–H and O–H groups in total. The molecule has 0 aromatic heterocycles. The summed E-state index contributed by atoms with van der Waals surface area (Å²) in [6.07, 6.45) is 4.56. The third-order valence-corrected chi connectivity index (χ3v) is 5.52. The maximum absolute atomic E-state index is 12.3. The first-order valence-corrected chi connectivity index (χ1v) is 12.1. The molecule has 1 aliphatic heterocycles. The zero-order valence-corrected chi connectivity index (χ0v) is 21.8. The van der Waals surface area contributed by atoms with E-state index in [4.69, 9.17) is 4.74 Å². The van der Waals surface area contributed by atoms with Crippen LogP contribution in [-0.4, -0.2) is 75.7 Å². The molecule has 2 unspecified atom stereocenters. The molecule has 1 heterocycles. The quantitative estimate of drug-likeness (QED) is 0.290. The van der Waals surface area contributed by atoms with Crippen molar-refractivity contribution in [1.29, 1.82) is 0 Å². The molecule has 1 amide bonds. The number of hydrogen-bond donors (Lipinski definition) is 2. The van der Waals surface area contributed by atoms with E-state index < -0.39 is 15.4 Å². The smallest absolute Gasteiger partial charge is 0.410 e. The van der Waals surface area contributed by atoms with Crippen molar-refractivity contribution in [3.05, 3.63) is 0 Å². The number of amides is 1. The number of ether oxygens (including phenoxy) is 1. The summed E-state index contributed by atoms with van der Waals surface area (Å²) in [6.45, 7) is 9.79. The molecule has 10 heteroatoms. The molecule has 0 radical (unpaired) electrons. The number of rotatable bonds is 7. The first-order valence-electron chi connectivity index (χ1n) is 10.0. The molecule has 1 aliphatic rings. The van der Waals surface area contributed by atoms with Crippen molar-refractivity contribution >= 4 is 45.9 Å². The van der Waals surface area contributed by atoms with Gasteiger partial charge >= 0.3 is 6.09 Å². The van der Waals surface area contributed by atoms with Crippen LogP contribution in [0.25, 0.3) is 0 Å². The van der Waals surface area contributed by atoms with Crippen molar-refractivity contribution < 1.29 is 17.9 Å². The first-order chi connectivity index (χ1) is 12.9. The number of sulfone groups is 1. The van der Waals surface area contributed by atoms with Gasteiger partial charge in [-0.3, -0.25) is 4.99 Å². The molecule has 1 rings (SSSR count). The van der Waals surface area contributed by atoms with E-state index in [2.05, 4.69) is 15.6 Å². The van der Waals surface area contributed by atoms with Gasteiger partial charge in [-0.1, -0.05) is 0 Å². The van der Waals surface area contributed by atoms with Gasteiger partial charge in [0.15, 0.2) is 5.96 Å². The summed E-state index contributed by atoms with van der Waals surface area (Å²) in [7, 11) is -1.26. The maximum Gasteiger partial charge on any atom is 0.410 e. The molecule has 0 aromatic carbocycles. The fourth-order valence-electron chi connectivity index (χ4n) is 3.08. The predicted molar refractivity (Wildman–Crippen MR) is 129 cm³/mol. The van der Waals surface area contributed by atoms with Gasteiger partial charge in [0.2, 0.25) is 0 Å². The summed E-state index contributed by atoms with van der Waals surface area (Å²) in [6, 6.07) is 0.0123. The fraction of sp³-hybridized carbons (Fsp3) is 0.895. The van der Waals surface area contributed by atoms with Crippen molar-refractivity contribution in [2.45, 2.75) is 65.0 Å². The molecule has 0 spiro atoms. The van der Waals surface area contributed by atoms with E-state index >= 15 is 0 Å². The van der Waals surface area contributed by atoms with Crippen molar-refractivity contribution in [2.75, 3.05) is 38.7 Å². The van der Waals surface area contributed by atoms with Gasteiger partial charge in [0.05, 0.1) is 5.75 Å². The van der Waals surface area contributed by atoms with Gasteiger partial charge in [-0.05, 0) is 59.3 Å². The third-order valence-electron chi connectivity index (χ3n) is 4.54. The van der Waals surface area contributed by atoms with Gasteiger partial charge in [0.1, 0.15) is 15.4 Å². The lowest BCUT2D eigenvalue weighted by atomic mass is 9.95. The van der Waals surface area contributed by atoms with Crippen molar-refractivity contribution in [3.63, 3.8) is 0 Å². The minimum Gasteiger partial charge on any atom is -0.444 e. The van der Waals surface area contributed by atoms with Crippen LogP contribution in [0.4, 0.5) is 4.79 Å². The number of carbonyl (C=O) groups is 1. The largest absolute Gasteiger partial charge is 0.444 e. The van der Waals surface area contributed by atoms with Crippen LogP contribution in [0.1, 0.15) is 53.4 Å². The van der Waals surface area contributed by atoms with Crippen LogP contribution in [0.2, 0.25) is 0 Å². The molecule has 0 aromatic rings. The van der Waals surface area contributed by atoms with Crippen molar-refractivity contribution in [1.82, 2.24) is 15.5 Å². The van der Waals surface area contributed by atoms with Crippen LogP contribution in [0.3, 0.4) is 0 Å². The van der Waals surface area contributed by atoms with Crippen LogP contribution in [0, 0.1) is 5.92 Å². The Bertz CT molecular complexity index is 635. The highest BCUT2D eigenvalue weighted by Crippen LogP contribution is 2.21. The second-order valence-electron chi connectivity index (χ2n) is 8.69. The van der Waals surface area contributed by atoms with E-state index in [-0.39, 0.29) is 41.9 Å². The number of hydrogen-bond acceptors (Lipinski definition) is 5. The molecule has 172 valence electrons. The van der Waals surface area contributed by atoms with Crippen molar-refractivity contribution in [3.8, 4) is 0 Å². The highest BCUT2D eigenvalue weighted by atomic mass is 127. The lowest BCUT2D eigenvalue weighted by Gasteiger charge is -2.34. The fourth-order valence-corrected chi connectivity index (χ4v) is 3.86. The number of halogens is 1. The first kappa shape index (κ1) is 28.2. The Morgan fingerprint density at radius 3 is 2.55 bits per heavy atom. The Hall–Kier alpha value is -0.780. The lowest BCUT2D eigenvalue weighted by Crippen LogP contribution is -2.45. The molecule has 2 atom stereocenters. The lowest BCUT2D eigenvalue weighted by molar-refractivity contribution is 0.0162. The number of aliphatic imine (C=N–C) groups is 1. The second kappa shape index (κ2) is 12.8. The van der Waals surface area contributed by atoms with Gasteiger partial charge in [-0.15, -0.1) is 24.0 Å². The molecule has 0 bridgehead atoms. The van der Waals surface area contributed by atoms with E-state index in [0.717, 1.165) is 32.4 Å². The Labute approximate surface area is 193 Å². The average Bonchev–Trinajstić information content (AvgIpc) is 2.57. The average molecular weight is 547 g/mol. The van der Waals surface area contributed by atoms with Gasteiger partial charge in [0, 0.05) is 39.0 Å². The van der Waals surface area contributed by atoms with Crippen LogP contribution in [-0.2, 0) is 14.6 Å². The topological polar surface area (TPSA) is 100 Å². The molecule has 0 saturated carbocycles.